The molecule has 1 atom stereocenters. The quantitative estimate of drug-likeness (QED) is 0.656. The Labute approximate surface area is 118 Å². The van der Waals surface area contributed by atoms with Crippen molar-refractivity contribution in [2.45, 2.75) is 40.7 Å². The van der Waals surface area contributed by atoms with Crippen molar-refractivity contribution in [2.24, 2.45) is 11.1 Å². The average molecular weight is 279 g/mol. The topological polar surface area (TPSA) is 98.3 Å². The van der Waals surface area contributed by atoms with Gasteiger partial charge in [0.15, 0.2) is 0 Å². The van der Waals surface area contributed by atoms with Gasteiger partial charge in [0, 0.05) is 11.6 Å². The zero-order valence-corrected chi connectivity index (χ0v) is 12.5. The van der Waals surface area contributed by atoms with Gasteiger partial charge in [0.1, 0.15) is 0 Å². The van der Waals surface area contributed by atoms with E-state index in [-0.39, 0.29) is 17.0 Å². The molecular weight excluding hydrogens is 258 g/mol. The van der Waals surface area contributed by atoms with Gasteiger partial charge in [0.2, 0.25) is 5.91 Å². The second kappa shape index (κ2) is 5.58. The van der Waals surface area contributed by atoms with Crippen LogP contribution >= 0.6 is 0 Å². The fourth-order valence-electron chi connectivity index (χ4n) is 1.78. The zero-order chi connectivity index (χ0) is 15.7. The van der Waals surface area contributed by atoms with Crippen LogP contribution in [0.4, 0.5) is 11.4 Å². The Morgan fingerprint density at radius 1 is 1.30 bits per heavy atom. The summed E-state index contributed by atoms with van der Waals surface area (Å²) in [5.41, 5.74) is 7.23. The largest absolute Gasteiger partial charge is 0.324 e. The van der Waals surface area contributed by atoms with Crippen molar-refractivity contribution in [3.05, 3.63) is 33.4 Å². The summed E-state index contributed by atoms with van der Waals surface area (Å²) in [6, 6.07) is 2.36. The molecule has 110 valence electrons. The van der Waals surface area contributed by atoms with Crippen LogP contribution in [0.1, 0.15) is 31.9 Å². The summed E-state index contributed by atoms with van der Waals surface area (Å²) >= 11 is 0. The highest BCUT2D eigenvalue weighted by Gasteiger charge is 2.28. The van der Waals surface area contributed by atoms with Crippen molar-refractivity contribution >= 4 is 17.3 Å². The summed E-state index contributed by atoms with van der Waals surface area (Å²) in [7, 11) is 0. The Balaban J connectivity index is 3.07. The SMILES string of the molecule is Cc1cc(C)c([N+](=O)[O-])cc1NC(=O)C(N)C(C)(C)C. The number of nitrogens with one attached hydrogen (secondary N) is 1. The number of aryl methyl sites for hydroxylation is 2. The molecule has 0 aliphatic carbocycles. The number of hydrogen-bond acceptors (Lipinski definition) is 4. The summed E-state index contributed by atoms with van der Waals surface area (Å²) < 4.78 is 0. The highest BCUT2D eigenvalue weighted by molar-refractivity contribution is 5.96. The number of nitro benzene ring substituents is 1. The number of carbonyl (C=O) groups is 1. The Morgan fingerprint density at radius 3 is 2.30 bits per heavy atom. The van der Waals surface area contributed by atoms with Crippen molar-refractivity contribution in [1.82, 2.24) is 0 Å². The molecule has 0 radical (unpaired) electrons. The third-order valence-electron chi connectivity index (χ3n) is 3.21. The van der Waals surface area contributed by atoms with Gasteiger partial charge in [-0.05, 0) is 30.9 Å². The van der Waals surface area contributed by atoms with E-state index in [0.717, 1.165) is 5.56 Å². The maximum Gasteiger partial charge on any atom is 0.274 e. The van der Waals surface area contributed by atoms with Gasteiger partial charge >= 0.3 is 0 Å². The molecule has 0 bridgehead atoms. The third-order valence-corrected chi connectivity index (χ3v) is 3.21. The molecule has 0 heterocycles. The molecule has 0 aliphatic heterocycles. The van der Waals surface area contributed by atoms with E-state index in [1.165, 1.54) is 6.07 Å². The normalized spacial score (nSPS) is 12.9. The second-order valence-corrected chi connectivity index (χ2v) is 6.04. The Kier molecular flexibility index (Phi) is 4.50. The Bertz CT molecular complexity index is 547. The van der Waals surface area contributed by atoms with E-state index in [1.54, 1.807) is 19.9 Å². The number of nitro groups is 1. The Morgan fingerprint density at radius 2 is 1.85 bits per heavy atom. The molecule has 0 aliphatic rings. The van der Waals surface area contributed by atoms with Crippen LogP contribution in [0, 0.1) is 29.4 Å². The second-order valence-electron chi connectivity index (χ2n) is 6.04. The molecule has 0 aromatic heterocycles. The van der Waals surface area contributed by atoms with Crippen LogP contribution in [0.3, 0.4) is 0 Å². The lowest BCUT2D eigenvalue weighted by atomic mass is 9.87. The van der Waals surface area contributed by atoms with E-state index in [1.807, 2.05) is 20.8 Å². The first-order valence-corrected chi connectivity index (χ1v) is 6.36. The highest BCUT2D eigenvalue weighted by atomic mass is 16.6. The van der Waals surface area contributed by atoms with Gasteiger partial charge in [0.25, 0.3) is 5.69 Å². The molecule has 0 saturated heterocycles. The van der Waals surface area contributed by atoms with E-state index < -0.39 is 11.0 Å². The first-order chi connectivity index (χ1) is 9.04. The molecule has 1 aromatic rings. The fourth-order valence-corrected chi connectivity index (χ4v) is 1.78. The maximum absolute atomic E-state index is 12.1. The predicted octanol–water partition coefficient (Wildman–Crippen LogP) is 2.52. The average Bonchev–Trinajstić information content (AvgIpc) is 2.29. The molecule has 3 N–H and O–H groups in total. The predicted molar refractivity (Wildman–Crippen MR) is 78.6 cm³/mol. The number of nitrogens with two attached hydrogens (primary N) is 1. The lowest BCUT2D eigenvalue weighted by Crippen LogP contribution is -2.45. The van der Waals surface area contributed by atoms with Crippen molar-refractivity contribution < 1.29 is 9.72 Å². The lowest BCUT2D eigenvalue weighted by molar-refractivity contribution is -0.385. The summed E-state index contributed by atoms with van der Waals surface area (Å²) in [5.74, 6) is -0.348. The van der Waals surface area contributed by atoms with Gasteiger partial charge in [-0.25, -0.2) is 0 Å². The monoisotopic (exact) mass is 279 g/mol. The standard InChI is InChI=1S/C14H21N3O3/c1-8-6-9(2)11(17(19)20)7-10(8)16-13(18)12(15)14(3,4)5/h6-7,12H,15H2,1-5H3,(H,16,18). The van der Waals surface area contributed by atoms with Crippen LogP contribution in [0.15, 0.2) is 12.1 Å². The first kappa shape index (κ1) is 16.1. The molecule has 1 aromatic carbocycles. The summed E-state index contributed by atoms with van der Waals surface area (Å²) in [6.07, 6.45) is 0. The fraction of sp³-hybridized carbons (Fsp3) is 0.500. The number of carbonyl (C=O) groups excluding carboxylic acids is 1. The third kappa shape index (κ3) is 3.54. The molecule has 0 saturated carbocycles. The van der Waals surface area contributed by atoms with E-state index in [9.17, 15) is 14.9 Å². The Hall–Kier alpha value is -1.95. The van der Waals surface area contributed by atoms with Gasteiger partial charge in [0.05, 0.1) is 16.7 Å². The highest BCUT2D eigenvalue weighted by Crippen LogP contribution is 2.27. The maximum atomic E-state index is 12.1. The van der Waals surface area contributed by atoms with Crippen LogP contribution in [0.2, 0.25) is 0 Å². The molecule has 1 unspecified atom stereocenters. The minimum Gasteiger partial charge on any atom is -0.324 e. The van der Waals surface area contributed by atoms with Crippen molar-refractivity contribution in [3.63, 3.8) is 0 Å². The lowest BCUT2D eigenvalue weighted by Gasteiger charge is -2.26. The number of amides is 1. The molecule has 20 heavy (non-hydrogen) atoms. The van der Waals surface area contributed by atoms with Gasteiger partial charge in [-0.1, -0.05) is 20.8 Å². The molecule has 6 heteroatoms. The van der Waals surface area contributed by atoms with Gasteiger partial charge in [-0.3, -0.25) is 14.9 Å². The smallest absolute Gasteiger partial charge is 0.274 e. The van der Waals surface area contributed by atoms with Crippen LogP contribution in [0.25, 0.3) is 0 Å². The number of anilines is 1. The van der Waals surface area contributed by atoms with E-state index >= 15 is 0 Å². The summed E-state index contributed by atoms with van der Waals surface area (Å²) in [5, 5.41) is 13.6. The summed E-state index contributed by atoms with van der Waals surface area (Å²) in [6.45, 7) is 9.04. The van der Waals surface area contributed by atoms with Crippen molar-refractivity contribution in [1.29, 1.82) is 0 Å². The number of hydrogen-bond donors (Lipinski definition) is 2. The molecule has 1 amide bonds. The van der Waals surface area contributed by atoms with Crippen LogP contribution in [-0.4, -0.2) is 16.9 Å². The number of nitrogens with zero attached hydrogens (tertiary/aromatic N) is 1. The van der Waals surface area contributed by atoms with E-state index in [4.69, 9.17) is 5.73 Å². The van der Waals surface area contributed by atoms with Gasteiger partial charge < -0.3 is 11.1 Å². The zero-order valence-electron chi connectivity index (χ0n) is 12.5. The minimum atomic E-state index is -0.692. The van der Waals surface area contributed by atoms with Gasteiger partial charge in [-0.2, -0.15) is 0 Å². The van der Waals surface area contributed by atoms with Crippen LogP contribution in [-0.2, 0) is 4.79 Å². The minimum absolute atomic E-state index is 0.0183. The molecule has 6 nitrogen and oxygen atoms in total. The van der Waals surface area contributed by atoms with Crippen molar-refractivity contribution in [3.8, 4) is 0 Å². The molecule has 0 fully saturated rings. The van der Waals surface area contributed by atoms with E-state index in [2.05, 4.69) is 5.32 Å². The van der Waals surface area contributed by atoms with Crippen LogP contribution < -0.4 is 11.1 Å². The van der Waals surface area contributed by atoms with Crippen molar-refractivity contribution in [2.75, 3.05) is 5.32 Å². The van der Waals surface area contributed by atoms with Gasteiger partial charge in [-0.15, -0.1) is 0 Å². The molecule has 0 spiro atoms. The summed E-state index contributed by atoms with van der Waals surface area (Å²) in [4.78, 5) is 22.5. The number of benzene rings is 1. The molecule has 1 rings (SSSR count). The number of rotatable bonds is 3. The molecular formula is C14H21N3O3. The first-order valence-electron chi connectivity index (χ1n) is 6.36. The van der Waals surface area contributed by atoms with Crippen LogP contribution in [0.5, 0.6) is 0 Å². The van der Waals surface area contributed by atoms with E-state index in [0.29, 0.717) is 11.3 Å².